The number of aliphatic hydroxyl groups is 1. The molecule has 4 rings (SSSR count). The molecule has 1 aliphatic carbocycles. The van der Waals surface area contributed by atoms with E-state index in [1.807, 2.05) is 36.4 Å². The number of nitrogens with one attached hydrogen (secondary N) is 1. The molecule has 0 spiro atoms. The summed E-state index contributed by atoms with van der Waals surface area (Å²) in [6, 6.07) is 21.0. The molecule has 0 bridgehead atoms. The first-order valence-electron chi connectivity index (χ1n) is 10.5. The fourth-order valence-electron chi connectivity index (χ4n) is 4.24. The van der Waals surface area contributed by atoms with Crippen LogP contribution in [0.2, 0.25) is 0 Å². The number of aliphatic carboxylic acids is 1. The van der Waals surface area contributed by atoms with Gasteiger partial charge < -0.3 is 15.5 Å². The molecule has 0 aromatic heterocycles. The molecule has 3 N–H and O–H groups in total. The fraction of sp³-hybridized carbons (Fsp3) is 0.231. The second-order valence-corrected chi connectivity index (χ2v) is 8.28. The molecule has 1 amide bonds. The summed E-state index contributed by atoms with van der Waals surface area (Å²) in [5, 5.41) is 22.8. The molecule has 6 heteroatoms. The van der Waals surface area contributed by atoms with Crippen LogP contribution < -0.4 is 5.32 Å². The molecule has 164 valence electrons. The van der Waals surface area contributed by atoms with Crippen LogP contribution in [0.4, 0.5) is 10.1 Å². The minimum atomic E-state index is -1.10. The van der Waals surface area contributed by atoms with Gasteiger partial charge in [-0.15, -0.1) is 0 Å². The molecule has 32 heavy (non-hydrogen) atoms. The van der Waals surface area contributed by atoms with Crippen molar-refractivity contribution < 1.29 is 24.2 Å². The predicted octanol–water partition coefficient (Wildman–Crippen LogP) is 4.75. The highest BCUT2D eigenvalue weighted by Crippen LogP contribution is 2.42. The Kier molecular flexibility index (Phi) is 6.06. The molecule has 0 aliphatic heterocycles. The van der Waals surface area contributed by atoms with Gasteiger partial charge in [0.2, 0.25) is 5.91 Å². The lowest BCUT2D eigenvalue weighted by molar-refractivity contribution is -0.142. The predicted molar refractivity (Wildman–Crippen MR) is 119 cm³/mol. The number of hydrogen-bond acceptors (Lipinski definition) is 3. The van der Waals surface area contributed by atoms with E-state index in [0.717, 1.165) is 16.7 Å². The van der Waals surface area contributed by atoms with Gasteiger partial charge in [-0.25, -0.2) is 4.39 Å². The zero-order chi connectivity index (χ0) is 22.7. The Labute approximate surface area is 185 Å². The highest BCUT2D eigenvalue weighted by Gasteiger charge is 2.41. The lowest BCUT2D eigenvalue weighted by Gasteiger charge is -2.23. The Morgan fingerprint density at radius 3 is 2.19 bits per heavy atom. The topological polar surface area (TPSA) is 86.6 Å². The summed E-state index contributed by atoms with van der Waals surface area (Å²) in [7, 11) is 0. The van der Waals surface area contributed by atoms with Gasteiger partial charge in [0.25, 0.3) is 0 Å². The first kappa shape index (κ1) is 21.7. The minimum Gasteiger partial charge on any atom is -0.481 e. The van der Waals surface area contributed by atoms with E-state index in [4.69, 9.17) is 0 Å². The van der Waals surface area contributed by atoms with Crippen molar-refractivity contribution in [1.82, 2.24) is 0 Å². The highest BCUT2D eigenvalue weighted by atomic mass is 19.1. The number of hydrogen-bond donors (Lipinski definition) is 3. The number of carbonyl (C=O) groups is 2. The van der Waals surface area contributed by atoms with Gasteiger partial charge >= 0.3 is 5.97 Å². The van der Waals surface area contributed by atoms with Crippen molar-refractivity contribution in [2.75, 3.05) is 5.32 Å². The van der Waals surface area contributed by atoms with Crippen LogP contribution in [0, 0.1) is 11.7 Å². The van der Waals surface area contributed by atoms with Gasteiger partial charge in [0.15, 0.2) is 0 Å². The lowest BCUT2D eigenvalue weighted by atomic mass is 9.90. The van der Waals surface area contributed by atoms with E-state index in [9.17, 15) is 24.2 Å². The van der Waals surface area contributed by atoms with Crippen LogP contribution in [-0.2, 0) is 21.6 Å². The van der Waals surface area contributed by atoms with E-state index in [-0.39, 0.29) is 18.7 Å². The molecular weight excluding hydrogens is 409 g/mol. The second kappa shape index (κ2) is 8.93. The number of carbonyl (C=O) groups excluding carboxylic acids is 1. The van der Waals surface area contributed by atoms with Gasteiger partial charge in [-0.2, -0.15) is 0 Å². The van der Waals surface area contributed by atoms with Crippen LogP contribution in [0.5, 0.6) is 0 Å². The second-order valence-electron chi connectivity index (χ2n) is 8.28. The Morgan fingerprint density at radius 1 is 0.969 bits per heavy atom. The quantitative estimate of drug-likeness (QED) is 0.524. The molecule has 1 saturated carbocycles. The number of carboxylic acid groups (broad SMARTS) is 1. The number of carboxylic acids is 1. The molecule has 1 fully saturated rings. The summed E-state index contributed by atoms with van der Waals surface area (Å²) < 4.78 is 13.7. The molecule has 2 atom stereocenters. The van der Waals surface area contributed by atoms with Gasteiger partial charge in [0.1, 0.15) is 5.82 Å². The van der Waals surface area contributed by atoms with Gasteiger partial charge in [-0.3, -0.25) is 9.59 Å². The fourth-order valence-corrected chi connectivity index (χ4v) is 4.24. The summed E-state index contributed by atoms with van der Waals surface area (Å²) in [5.74, 6) is -2.07. The molecule has 0 radical (unpaired) electrons. The number of anilines is 1. The first-order chi connectivity index (χ1) is 15.3. The highest BCUT2D eigenvalue weighted by molar-refractivity contribution is 5.92. The lowest BCUT2D eigenvalue weighted by Crippen LogP contribution is -2.23. The van der Waals surface area contributed by atoms with Crippen molar-refractivity contribution in [1.29, 1.82) is 0 Å². The number of amides is 1. The maximum Gasteiger partial charge on any atom is 0.306 e. The average molecular weight is 433 g/mol. The zero-order valence-corrected chi connectivity index (χ0v) is 17.4. The molecule has 0 heterocycles. The molecule has 0 saturated heterocycles. The van der Waals surface area contributed by atoms with Crippen molar-refractivity contribution in [3.63, 3.8) is 0 Å². The molecule has 0 unspecified atom stereocenters. The average Bonchev–Trinajstić information content (AvgIpc) is 3.20. The number of halogens is 1. The zero-order valence-electron chi connectivity index (χ0n) is 17.4. The third-order valence-corrected chi connectivity index (χ3v) is 6.07. The van der Waals surface area contributed by atoms with Gasteiger partial charge in [0.05, 0.1) is 17.9 Å². The Hall–Kier alpha value is -3.51. The van der Waals surface area contributed by atoms with Crippen molar-refractivity contribution in [3.8, 4) is 11.1 Å². The number of benzene rings is 3. The van der Waals surface area contributed by atoms with Crippen LogP contribution in [0.15, 0.2) is 72.8 Å². The molecule has 1 aliphatic rings. The van der Waals surface area contributed by atoms with Crippen LogP contribution >= 0.6 is 0 Å². The largest absolute Gasteiger partial charge is 0.481 e. The molecular formula is C26H24FNO4. The Balaban J connectivity index is 1.40. The van der Waals surface area contributed by atoms with E-state index in [1.54, 1.807) is 30.3 Å². The number of rotatable bonds is 6. The normalized spacial score (nSPS) is 20.1. The third-order valence-electron chi connectivity index (χ3n) is 6.07. The van der Waals surface area contributed by atoms with Crippen molar-refractivity contribution in [2.45, 2.75) is 31.3 Å². The van der Waals surface area contributed by atoms with E-state index in [1.165, 1.54) is 6.07 Å². The van der Waals surface area contributed by atoms with Crippen LogP contribution in [0.25, 0.3) is 11.1 Å². The van der Waals surface area contributed by atoms with Crippen LogP contribution in [0.1, 0.15) is 30.4 Å². The Bertz CT molecular complexity index is 1130. The van der Waals surface area contributed by atoms with Gasteiger partial charge in [-0.1, -0.05) is 54.6 Å². The SMILES string of the molecule is O=C(Cc1ccccc1F)Nc1ccc(-c2ccc([C@@]3(O)CC[C@@H](C(=O)O)C3)cc2)cc1. The monoisotopic (exact) mass is 433 g/mol. The maximum atomic E-state index is 13.7. The van der Waals surface area contributed by atoms with Gasteiger partial charge in [0, 0.05) is 5.69 Å². The van der Waals surface area contributed by atoms with Crippen LogP contribution in [-0.4, -0.2) is 22.1 Å². The van der Waals surface area contributed by atoms with Gasteiger partial charge in [-0.05, 0) is 59.7 Å². The van der Waals surface area contributed by atoms with E-state index < -0.39 is 23.3 Å². The smallest absolute Gasteiger partial charge is 0.306 e. The van der Waals surface area contributed by atoms with Crippen molar-refractivity contribution >= 4 is 17.6 Å². The standard InChI is InChI=1S/C26H24FNO4/c27-23-4-2-1-3-19(23)15-24(29)28-22-11-7-18(8-12-22)17-5-9-21(10-6-17)26(32)14-13-20(16-26)25(30)31/h1-12,20,32H,13-16H2,(H,28,29)(H,30,31)/t20-,26-/m1/s1. The summed E-state index contributed by atoms with van der Waals surface area (Å²) >= 11 is 0. The first-order valence-corrected chi connectivity index (χ1v) is 10.5. The summed E-state index contributed by atoms with van der Waals surface area (Å²) in [4.78, 5) is 23.4. The minimum absolute atomic E-state index is 0.0401. The van der Waals surface area contributed by atoms with Crippen molar-refractivity contribution in [2.24, 2.45) is 5.92 Å². The van der Waals surface area contributed by atoms with E-state index in [2.05, 4.69) is 5.32 Å². The molecule has 3 aromatic carbocycles. The molecule has 5 nitrogen and oxygen atoms in total. The molecule has 3 aromatic rings. The van der Waals surface area contributed by atoms with E-state index >= 15 is 0 Å². The Morgan fingerprint density at radius 2 is 1.59 bits per heavy atom. The maximum absolute atomic E-state index is 13.7. The summed E-state index contributed by atoms with van der Waals surface area (Å²) in [6.45, 7) is 0. The summed E-state index contributed by atoms with van der Waals surface area (Å²) in [5.41, 5.74) is 2.46. The third kappa shape index (κ3) is 4.70. The van der Waals surface area contributed by atoms with Crippen molar-refractivity contribution in [3.05, 3.63) is 89.7 Å². The summed E-state index contributed by atoms with van der Waals surface area (Å²) in [6.07, 6.45) is 1.09. The van der Waals surface area contributed by atoms with Crippen LogP contribution in [0.3, 0.4) is 0 Å². The van der Waals surface area contributed by atoms with E-state index in [0.29, 0.717) is 24.1 Å².